The highest BCUT2D eigenvalue weighted by Gasteiger charge is 2.33. The molecule has 1 aliphatic rings. The lowest BCUT2D eigenvalue weighted by Gasteiger charge is -2.24. The molecule has 0 spiro atoms. The molecule has 3 heterocycles. The second kappa shape index (κ2) is 10.7. The molecule has 1 unspecified atom stereocenters. The Morgan fingerprint density at radius 2 is 2.14 bits per heavy atom. The molecule has 9 nitrogen and oxygen atoms in total. The molecule has 1 aromatic carbocycles. The van der Waals surface area contributed by atoms with Crippen LogP contribution in [0.1, 0.15) is 47.1 Å². The van der Waals surface area contributed by atoms with Crippen molar-refractivity contribution < 1.29 is 23.0 Å². The van der Waals surface area contributed by atoms with Gasteiger partial charge in [-0.1, -0.05) is 19.1 Å². The molecule has 1 amide bonds. The van der Waals surface area contributed by atoms with Crippen molar-refractivity contribution in [3.63, 3.8) is 0 Å². The van der Waals surface area contributed by atoms with E-state index < -0.39 is 15.8 Å². The number of ether oxygens (including phenoxy) is 1. The Labute approximate surface area is 215 Å². The Bertz CT molecular complexity index is 1460. The van der Waals surface area contributed by atoms with Gasteiger partial charge in [-0.25, -0.2) is 13.7 Å². The third-order valence-corrected chi connectivity index (χ3v) is 8.41. The number of nitrogens with zero attached hydrogens (tertiary/aromatic N) is 3. The van der Waals surface area contributed by atoms with E-state index in [0.29, 0.717) is 29.0 Å². The predicted molar refractivity (Wildman–Crippen MR) is 136 cm³/mol. The van der Waals surface area contributed by atoms with Gasteiger partial charge in [0.15, 0.2) is 6.07 Å². The van der Waals surface area contributed by atoms with Crippen LogP contribution in [0.5, 0.6) is 5.75 Å². The number of amides is 1. The van der Waals surface area contributed by atoms with Crippen LogP contribution in [-0.4, -0.2) is 27.8 Å². The number of hydrogen-bond donors (Lipinski definition) is 3. The second-order valence-corrected chi connectivity index (χ2v) is 11.1. The fourth-order valence-electron chi connectivity index (χ4n) is 4.69. The van der Waals surface area contributed by atoms with Crippen molar-refractivity contribution in [3.05, 3.63) is 71.3 Å². The van der Waals surface area contributed by atoms with Crippen LogP contribution in [0.3, 0.4) is 0 Å². The summed E-state index contributed by atoms with van der Waals surface area (Å²) in [7, 11) is -0.0587. The first-order valence-corrected chi connectivity index (χ1v) is 13.5. The average Bonchev–Trinajstić information content (AvgIpc) is 3.17. The number of anilines is 1. The minimum atomic E-state index is -3.35. The Hall–Kier alpha value is -3.75. The topological polar surface area (TPSA) is 124 Å². The van der Waals surface area contributed by atoms with Crippen molar-refractivity contribution in [2.45, 2.75) is 43.5 Å². The van der Waals surface area contributed by atoms with Crippen molar-refractivity contribution in [1.82, 2.24) is 9.29 Å². The molecular formula is C26H30FN6O3S+. The van der Waals surface area contributed by atoms with Gasteiger partial charge in [-0.05, 0) is 49.3 Å². The number of aromatic nitrogens is 2. The lowest BCUT2D eigenvalue weighted by Crippen LogP contribution is -2.37. The van der Waals surface area contributed by atoms with Gasteiger partial charge in [0.2, 0.25) is 6.20 Å². The van der Waals surface area contributed by atoms with E-state index in [1.165, 1.54) is 17.7 Å². The van der Waals surface area contributed by atoms with E-state index >= 15 is 0 Å². The van der Waals surface area contributed by atoms with Gasteiger partial charge in [0.05, 0.1) is 22.2 Å². The number of fused-ring (bicyclic) bond motifs is 1. The number of rotatable bonds is 7. The summed E-state index contributed by atoms with van der Waals surface area (Å²) in [5, 5.41) is 11.7. The fraction of sp³-hybridized carbons (Fsp3) is 0.346. The van der Waals surface area contributed by atoms with Crippen molar-refractivity contribution in [2.24, 2.45) is 13.0 Å². The molecule has 0 aliphatic carbocycles. The SMILES string of the molecule is COc1ccc(CC[C@H](C)[C@H]2CCc3c(cn(C)c3C(=O)Nc3cc[n+](F)c(C#N)c3)S(=N)(=O)N2)cc1. The van der Waals surface area contributed by atoms with E-state index in [9.17, 15) is 13.5 Å². The molecule has 3 atom stereocenters. The van der Waals surface area contributed by atoms with Crippen LogP contribution in [-0.2, 0) is 29.8 Å². The highest BCUT2D eigenvalue weighted by molar-refractivity contribution is 7.90. The Balaban J connectivity index is 1.51. The van der Waals surface area contributed by atoms with Crippen LogP contribution in [0.4, 0.5) is 10.2 Å². The number of carbonyl (C=O) groups excluding carboxylic acids is 1. The van der Waals surface area contributed by atoms with E-state index in [1.807, 2.05) is 24.3 Å². The highest BCUT2D eigenvalue weighted by Crippen LogP contribution is 2.31. The molecule has 4 rings (SSSR count). The summed E-state index contributed by atoms with van der Waals surface area (Å²) in [4.78, 5) is 13.7. The molecule has 3 aromatic rings. The van der Waals surface area contributed by atoms with Gasteiger partial charge in [-0.15, -0.1) is 0 Å². The van der Waals surface area contributed by atoms with E-state index in [1.54, 1.807) is 31.0 Å². The number of halogens is 1. The standard InChI is InChI=1S/C26H29FN6O3S/c1-17(4-5-18-6-8-21(36-3)9-7-18)23-11-10-22-24(37(29,35)31-23)16-32(2)25(22)26(34)30-19-12-13-33(27)20(14-19)15-28/h6-9,12-14,16-17,23H,4-5,10-11H2,1-3H3,(H2,29,31,35)/p+1/t17-,23+,37?/m0/s1. The maximum atomic E-state index is 13.6. The Kier molecular flexibility index (Phi) is 7.61. The minimum Gasteiger partial charge on any atom is -0.497 e. The molecule has 0 radical (unpaired) electrons. The van der Waals surface area contributed by atoms with Crippen LogP contribution >= 0.6 is 0 Å². The van der Waals surface area contributed by atoms with Crippen LogP contribution in [0, 0.1) is 22.0 Å². The maximum Gasteiger partial charge on any atom is 0.331 e. The summed E-state index contributed by atoms with van der Waals surface area (Å²) in [5.74, 6) is 0.466. The number of hydrogen-bond acceptors (Lipinski definition) is 5. The third kappa shape index (κ3) is 5.65. The van der Waals surface area contributed by atoms with Gasteiger partial charge in [-0.3, -0.25) is 4.79 Å². The number of methoxy groups -OCH3 is 1. The highest BCUT2D eigenvalue weighted by atomic mass is 32.2. The number of benzene rings is 1. The first-order chi connectivity index (χ1) is 17.6. The molecule has 0 saturated heterocycles. The predicted octanol–water partition coefficient (Wildman–Crippen LogP) is 3.67. The number of carbonyl (C=O) groups is 1. The normalized spacial score (nSPS) is 19.8. The molecule has 0 saturated carbocycles. The monoisotopic (exact) mass is 525 g/mol. The van der Waals surface area contributed by atoms with Gasteiger partial charge in [-0.2, -0.15) is 5.26 Å². The summed E-state index contributed by atoms with van der Waals surface area (Å²) in [6.07, 6.45) is 5.38. The van der Waals surface area contributed by atoms with Crippen LogP contribution < -0.4 is 19.6 Å². The third-order valence-electron chi connectivity index (χ3n) is 6.81. The van der Waals surface area contributed by atoms with Crippen molar-refractivity contribution in [3.8, 4) is 11.8 Å². The zero-order valence-electron chi connectivity index (χ0n) is 21.0. The Morgan fingerprint density at radius 1 is 1.41 bits per heavy atom. The number of pyridine rings is 1. The smallest absolute Gasteiger partial charge is 0.331 e. The number of nitriles is 1. The first kappa shape index (κ1) is 26.3. The van der Waals surface area contributed by atoms with Crippen LogP contribution in [0.2, 0.25) is 0 Å². The summed E-state index contributed by atoms with van der Waals surface area (Å²) in [6.45, 7) is 2.08. The van der Waals surface area contributed by atoms with E-state index in [4.69, 9.17) is 14.8 Å². The molecule has 194 valence electrons. The summed E-state index contributed by atoms with van der Waals surface area (Å²) in [5.41, 5.74) is 2.03. The lowest BCUT2D eigenvalue weighted by molar-refractivity contribution is -0.845. The van der Waals surface area contributed by atoms with Crippen molar-refractivity contribution >= 4 is 21.5 Å². The molecule has 1 aliphatic heterocycles. The number of nitrogens with one attached hydrogen (secondary N) is 3. The largest absolute Gasteiger partial charge is 0.497 e. The summed E-state index contributed by atoms with van der Waals surface area (Å²) >= 11 is 0. The van der Waals surface area contributed by atoms with Crippen molar-refractivity contribution in [1.29, 1.82) is 10.0 Å². The van der Waals surface area contributed by atoms with E-state index in [0.717, 1.165) is 24.8 Å². The summed E-state index contributed by atoms with van der Waals surface area (Å²) in [6, 6.07) is 12.0. The molecule has 2 aromatic heterocycles. The lowest BCUT2D eigenvalue weighted by atomic mass is 9.91. The zero-order chi connectivity index (χ0) is 26.7. The quantitative estimate of drug-likeness (QED) is 0.435. The Morgan fingerprint density at radius 3 is 2.81 bits per heavy atom. The van der Waals surface area contributed by atoms with Crippen LogP contribution in [0.25, 0.3) is 0 Å². The molecule has 11 heteroatoms. The summed E-state index contributed by atoms with van der Waals surface area (Å²) < 4.78 is 45.6. The molecule has 3 N–H and O–H groups in total. The second-order valence-electron chi connectivity index (χ2n) is 9.29. The van der Waals surface area contributed by atoms with Gasteiger partial charge in [0.25, 0.3) is 5.91 Å². The number of aryl methyl sites for hydroxylation is 2. The first-order valence-electron chi connectivity index (χ1n) is 11.9. The zero-order valence-corrected chi connectivity index (χ0v) is 21.8. The fourth-order valence-corrected chi connectivity index (χ4v) is 6.45. The van der Waals surface area contributed by atoms with Gasteiger partial charge >= 0.3 is 5.69 Å². The van der Waals surface area contributed by atoms with E-state index in [-0.39, 0.29) is 28.1 Å². The van der Waals surface area contributed by atoms with Gasteiger partial charge in [0.1, 0.15) is 21.4 Å². The van der Waals surface area contributed by atoms with Gasteiger partial charge in [0, 0.05) is 41.8 Å². The van der Waals surface area contributed by atoms with Crippen LogP contribution in [0.15, 0.2) is 53.7 Å². The molecule has 0 fully saturated rings. The molecule has 37 heavy (non-hydrogen) atoms. The maximum absolute atomic E-state index is 13.6. The average molecular weight is 526 g/mol. The molecular weight excluding hydrogens is 495 g/mol. The van der Waals surface area contributed by atoms with Crippen molar-refractivity contribution in [2.75, 3.05) is 12.4 Å². The minimum absolute atomic E-state index is 0.143. The van der Waals surface area contributed by atoms with E-state index in [2.05, 4.69) is 17.0 Å². The molecule has 0 bridgehead atoms. The van der Waals surface area contributed by atoms with Gasteiger partial charge < -0.3 is 14.6 Å².